The Kier molecular flexibility index (Phi) is 4.14. The molecule has 0 aliphatic carbocycles. The lowest BCUT2D eigenvalue weighted by Crippen LogP contribution is -2.26. The summed E-state index contributed by atoms with van der Waals surface area (Å²) in [7, 11) is 0. The fourth-order valence-electron chi connectivity index (χ4n) is 1.01. The average molecular weight is 246 g/mol. The summed E-state index contributed by atoms with van der Waals surface area (Å²) in [5.74, 6) is -1.31. The maximum absolute atomic E-state index is 12.5. The minimum absolute atomic E-state index is 0.194. The van der Waals surface area contributed by atoms with E-state index < -0.39 is 18.8 Å². The maximum Gasteiger partial charge on any atom is 0.427 e. The molecule has 0 aliphatic rings. The monoisotopic (exact) mass is 246 g/mol. The second-order valence-corrected chi connectivity index (χ2v) is 3.11. The number of hydrogen-bond acceptors (Lipinski definition) is 2. The molecule has 0 aromatic heterocycles. The zero-order valence-corrected chi connectivity index (χ0v) is 8.57. The van der Waals surface area contributed by atoms with Gasteiger partial charge in [0.05, 0.1) is 0 Å². The number of ether oxygens (including phenoxy) is 1. The topological polar surface area (TPSA) is 46.5 Å². The third kappa shape index (κ3) is 4.58. The summed E-state index contributed by atoms with van der Waals surface area (Å²) < 4.78 is 40.9. The number of carboxylic acids is 1. The highest BCUT2D eigenvalue weighted by Crippen LogP contribution is 2.22. The lowest BCUT2D eigenvalue weighted by Gasteiger charge is -2.14. The Balaban J connectivity index is 2.71. The van der Waals surface area contributed by atoms with Gasteiger partial charge in [-0.2, -0.15) is 8.78 Å². The molecule has 1 rings (SSSR count). The van der Waals surface area contributed by atoms with Gasteiger partial charge >= 0.3 is 12.1 Å². The van der Waals surface area contributed by atoms with Gasteiger partial charge in [-0.25, -0.2) is 9.18 Å². The second-order valence-electron chi connectivity index (χ2n) is 3.11. The number of halogens is 3. The standard InChI is InChI=1S/C11H9F3O3/c12-7-11(13,14)17-9-4-1-8(2-5-9)3-6-10(15)16/h1-6H,7H2,(H,15,16)/b6-3+. The molecule has 1 aromatic carbocycles. The second kappa shape index (κ2) is 5.38. The molecule has 92 valence electrons. The molecular weight excluding hydrogens is 237 g/mol. The van der Waals surface area contributed by atoms with Gasteiger partial charge in [-0.05, 0) is 23.8 Å². The molecule has 6 heteroatoms. The van der Waals surface area contributed by atoms with Crippen molar-refractivity contribution in [3.8, 4) is 5.75 Å². The molecule has 0 spiro atoms. The predicted octanol–water partition coefficient (Wildman–Crippen LogP) is 2.73. The summed E-state index contributed by atoms with van der Waals surface area (Å²) in [6.07, 6.45) is -1.65. The first-order valence-corrected chi connectivity index (χ1v) is 4.57. The molecule has 1 N–H and O–H groups in total. The van der Waals surface area contributed by atoms with E-state index in [0.717, 1.165) is 6.08 Å². The van der Waals surface area contributed by atoms with Gasteiger partial charge in [-0.3, -0.25) is 0 Å². The van der Waals surface area contributed by atoms with Crippen molar-refractivity contribution in [1.82, 2.24) is 0 Å². The number of carboxylic acid groups (broad SMARTS) is 1. The van der Waals surface area contributed by atoms with Crippen LogP contribution in [-0.2, 0) is 4.79 Å². The van der Waals surface area contributed by atoms with Gasteiger partial charge in [0.25, 0.3) is 0 Å². The third-order valence-electron chi connectivity index (χ3n) is 1.72. The Labute approximate surface area is 95.1 Å². The molecule has 0 fully saturated rings. The van der Waals surface area contributed by atoms with Crippen LogP contribution < -0.4 is 4.74 Å². The first kappa shape index (κ1) is 13.1. The zero-order chi connectivity index (χ0) is 12.9. The number of benzene rings is 1. The van der Waals surface area contributed by atoms with Crippen LogP contribution in [0.5, 0.6) is 5.75 Å². The number of alkyl halides is 3. The van der Waals surface area contributed by atoms with Crippen LogP contribution in [0.1, 0.15) is 5.56 Å². The minimum Gasteiger partial charge on any atom is -0.478 e. The van der Waals surface area contributed by atoms with Gasteiger partial charge in [0.2, 0.25) is 0 Å². The molecule has 3 nitrogen and oxygen atoms in total. The Bertz CT molecular complexity index is 412. The fourth-order valence-corrected chi connectivity index (χ4v) is 1.01. The van der Waals surface area contributed by atoms with Crippen LogP contribution in [0.25, 0.3) is 6.08 Å². The van der Waals surface area contributed by atoms with Crippen molar-refractivity contribution >= 4 is 12.0 Å². The Hall–Kier alpha value is -1.98. The van der Waals surface area contributed by atoms with Gasteiger partial charge in [-0.15, -0.1) is 0 Å². The molecule has 0 amide bonds. The van der Waals surface area contributed by atoms with Crippen LogP contribution in [0.15, 0.2) is 30.3 Å². The number of aliphatic carboxylic acids is 1. The van der Waals surface area contributed by atoms with E-state index in [1.807, 2.05) is 0 Å². The van der Waals surface area contributed by atoms with E-state index in [2.05, 4.69) is 4.74 Å². The normalized spacial score (nSPS) is 11.7. The summed E-state index contributed by atoms with van der Waals surface area (Å²) in [6, 6.07) is 5.16. The summed E-state index contributed by atoms with van der Waals surface area (Å²) in [5, 5.41) is 8.36. The van der Waals surface area contributed by atoms with E-state index in [0.29, 0.717) is 5.56 Å². The van der Waals surface area contributed by atoms with E-state index in [-0.39, 0.29) is 5.75 Å². The van der Waals surface area contributed by atoms with Crippen molar-refractivity contribution in [3.05, 3.63) is 35.9 Å². The highest BCUT2D eigenvalue weighted by Gasteiger charge is 2.31. The highest BCUT2D eigenvalue weighted by molar-refractivity contribution is 5.85. The van der Waals surface area contributed by atoms with Gasteiger partial charge in [0.15, 0.2) is 6.67 Å². The van der Waals surface area contributed by atoms with Crippen LogP contribution >= 0.6 is 0 Å². The summed E-state index contributed by atoms with van der Waals surface area (Å²) in [5.41, 5.74) is 0.503. The van der Waals surface area contributed by atoms with Crippen molar-refractivity contribution in [1.29, 1.82) is 0 Å². The lowest BCUT2D eigenvalue weighted by atomic mass is 10.2. The van der Waals surface area contributed by atoms with Crippen molar-refractivity contribution < 1.29 is 27.8 Å². The number of carbonyl (C=O) groups is 1. The minimum atomic E-state index is -3.85. The quantitative estimate of drug-likeness (QED) is 0.812. The first-order chi connectivity index (χ1) is 7.93. The van der Waals surface area contributed by atoms with E-state index in [1.54, 1.807) is 0 Å². The van der Waals surface area contributed by atoms with E-state index in [4.69, 9.17) is 5.11 Å². The largest absolute Gasteiger partial charge is 0.478 e. The van der Waals surface area contributed by atoms with Crippen LogP contribution in [0.3, 0.4) is 0 Å². The summed E-state index contributed by atoms with van der Waals surface area (Å²) in [6.45, 7) is -1.91. The average Bonchev–Trinajstić information content (AvgIpc) is 2.28. The molecule has 0 saturated carbocycles. The molecule has 0 atom stereocenters. The van der Waals surface area contributed by atoms with Gasteiger partial charge in [-0.1, -0.05) is 12.1 Å². The van der Waals surface area contributed by atoms with Gasteiger partial charge in [0.1, 0.15) is 5.75 Å². The molecule has 0 bridgehead atoms. The number of rotatable bonds is 5. The Morgan fingerprint density at radius 2 is 1.94 bits per heavy atom. The van der Waals surface area contributed by atoms with Crippen molar-refractivity contribution in [3.63, 3.8) is 0 Å². The van der Waals surface area contributed by atoms with Crippen LogP contribution in [-0.4, -0.2) is 23.9 Å². The molecule has 0 unspecified atom stereocenters. The van der Waals surface area contributed by atoms with Crippen molar-refractivity contribution in [2.45, 2.75) is 6.11 Å². The van der Waals surface area contributed by atoms with E-state index >= 15 is 0 Å². The molecule has 0 saturated heterocycles. The van der Waals surface area contributed by atoms with E-state index in [1.165, 1.54) is 30.3 Å². The maximum atomic E-state index is 12.5. The van der Waals surface area contributed by atoms with Gasteiger partial charge < -0.3 is 9.84 Å². The Morgan fingerprint density at radius 3 is 2.41 bits per heavy atom. The highest BCUT2D eigenvalue weighted by atomic mass is 19.3. The van der Waals surface area contributed by atoms with E-state index in [9.17, 15) is 18.0 Å². The SMILES string of the molecule is O=C(O)/C=C/c1ccc(OC(F)(F)CF)cc1. The van der Waals surface area contributed by atoms with Gasteiger partial charge in [0, 0.05) is 6.08 Å². The van der Waals surface area contributed by atoms with Crippen molar-refractivity contribution in [2.75, 3.05) is 6.67 Å². The molecule has 0 aliphatic heterocycles. The summed E-state index contributed by atoms with van der Waals surface area (Å²) >= 11 is 0. The molecule has 17 heavy (non-hydrogen) atoms. The molecule has 0 heterocycles. The summed E-state index contributed by atoms with van der Waals surface area (Å²) in [4.78, 5) is 10.2. The zero-order valence-electron chi connectivity index (χ0n) is 8.57. The van der Waals surface area contributed by atoms with Crippen LogP contribution in [0.2, 0.25) is 0 Å². The van der Waals surface area contributed by atoms with Crippen LogP contribution in [0.4, 0.5) is 13.2 Å². The number of hydrogen-bond donors (Lipinski definition) is 1. The van der Waals surface area contributed by atoms with Crippen molar-refractivity contribution in [2.24, 2.45) is 0 Å². The molecular formula is C11H9F3O3. The third-order valence-corrected chi connectivity index (χ3v) is 1.72. The van der Waals surface area contributed by atoms with Crippen LogP contribution in [0, 0.1) is 0 Å². The lowest BCUT2D eigenvalue weighted by molar-refractivity contribution is -0.186. The molecule has 1 aromatic rings. The first-order valence-electron chi connectivity index (χ1n) is 4.57. The Morgan fingerprint density at radius 1 is 1.35 bits per heavy atom. The smallest absolute Gasteiger partial charge is 0.427 e. The molecule has 0 radical (unpaired) electrons. The fraction of sp³-hybridized carbons (Fsp3) is 0.182. The predicted molar refractivity (Wildman–Crippen MR) is 54.7 cm³/mol.